The summed E-state index contributed by atoms with van der Waals surface area (Å²) in [6.45, 7) is 0. The summed E-state index contributed by atoms with van der Waals surface area (Å²) in [5.41, 5.74) is 2.49. The molecule has 0 aromatic heterocycles. The van der Waals surface area contributed by atoms with Crippen LogP contribution in [-0.4, -0.2) is 26.3 Å². The zero-order chi connectivity index (χ0) is 14.5. The molecule has 0 saturated carbocycles. The third-order valence-electron chi connectivity index (χ3n) is 2.89. The molecule has 2 rings (SSSR count). The number of aliphatic imine (C=N–C) groups is 1. The number of nitrogens with zero attached hydrogens (tertiary/aromatic N) is 2. The first-order valence-corrected chi connectivity index (χ1v) is 6.20. The minimum Gasteiger partial charge on any atom is -0.545 e. The Morgan fingerprint density at radius 1 is 1.10 bits per heavy atom. The van der Waals surface area contributed by atoms with Crippen molar-refractivity contribution in [1.29, 1.82) is 0 Å². The van der Waals surface area contributed by atoms with Crippen LogP contribution < -0.4 is 10.0 Å². The molecule has 0 saturated heterocycles. The van der Waals surface area contributed by atoms with Crippen LogP contribution in [0.25, 0.3) is 0 Å². The van der Waals surface area contributed by atoms with Crippen molar-refractivity contribution in [3.8, 4) is 0 Å². The first kappa shape index (κ1) is 13.8. The van der Waals surface area contributed by atoms with Crippen molar-refractivity contribution in [2.45, 2.75) is 0 Å². The maximum absolute atomic E-state index is 11.0. The fraction of sp³-hybridized carbons (Fsp3) is 0.125. The van der Waals surface area contributed by atoms with E-state index in [0.29, 0.717) is 5.69 Å². The van der Waals surface area contributed by atoms with Gasteiger partial charge in [0.05, 0.1) is 11.7 Å². The quantitative estimate of drug-likeness (QED) is 0.795. The van der Waals surface area contributed by atoms with Gasteiger partial charge in [0.1, 0.15) is 0 Å². The second-order valence-electron chi connectivity index (χ2n) is 4.55. The summed E-state index contributed by atoms with van der Waals surface area (Å²) in [6.07, 6.45) is 1.64. The molecule has 2 aromatic carbocycles. The van der Waals surface area contributed by atoms with Gasteiger partial charge in [-0.2, -0.15) is 0 Å². The molecule has 0 heterocycles. The van der Waals surface area contributed by atoms with Crippen molar-refractivity contribution >= 4 is 23.6 Å². The average molecular weight is 267 g/mol. The third-order valence-corrected chi connectivity index (χ3v) is 2.89. The molecule has 4 nitrogen and oxygen atoms in total. The van der Waals surface area contributed by atoms with Gasteiger partial charge in [-0.05, 0) is 23.8 Å². The van der Waals surface area contributed by atoms with E-state index in [9.17, 15) is 9.90 Å². The van der Waals surface area contributed by atoms with E-state index in [1.807, 2.05) is 43.3 Å². The molecule has 0 aliphatic carbocycles. The minimum absolute atomic E-state index is 0.0914. The van der Waals surface area contributed by atoms with Crippen molar-refractivity contribution in [3.63, 3.8) is 0 Å². The number of anilines is 1. The summed E-state index contributed by atoms with van der Waals surface area (Å²) in [5.74, 6) is -1.22. The highest BCUT2D eigenvalue weighted by Gasteiger charge is 2.00. The van der Waals surface area contributed by atoms with E-state index in [-0.39, 0.29) is 5.56 Å². The Bertz CT molecular complexity index is 631. The lowest BCUT2D eigenvalue weighted by Crippen LogP contribution is -2.22. The number of aromatic carboxylic acids is 1. The van der Waals surface area contributed by atoms with E-state index in [0.717, 1.165) is 11.3 Å². The summed E-state index contributed by atoms with van der Waals surface area (Å²) >= 11 is 0. The summed E-state index contributed by atoms with van der Waals surface area (Å²) < 4.78 is 0. The lowest BCUT2D eigenvalue weighted by Gasteiger charge is -2.11. The van der Waals surface area contributed by atoms with Gasteiger partial charge < -0.3 is 14.8 Å². The first-order valence-electron chi connectivity index (χ1n) is 6.20. The normalized spacial score (nSPS) is 10.7. The number of carboxylic acids is 1. The summed E-state index contributed by atoms with van der Waals surface area (Å²) in [7, 11) is 3.94. The fourth-order valence-corrected chi connectivity index (χ4v) is 1.76. The Kier molecular flexibility index (Phi) is 4.15. The zero-order valence-electron chi connectivity index (χ0n) is 11.4. The van der Waals surface area contributed by atoms with E-state index < -0.39 is 5.97 Å². The molecule has 20 heavy (non-hydrogen) atoms. The molecular formula is C16H15N2O2-. The van der Waals surface area contributed by atoms with Crippen LogP contribution in [0.2, 0.25) is 0 Å². The second-order valence-corrected chi connectivity index (χ2v) is 4.55. The highest BCUT2D eigenvalue weighted by atomic mass is 16.4. The highest BCUT2D eigenvalue weighted by molar-refractivity contribution is 5.93. The maximum Gasteiger partial charge on any atom is 0.0737 e. The molecule has 0 fully saturated rings. The zero-order valence-corrected chi connectivity index (χ0v) is 11.4. The SMILES string of the molecule is CN(C)c1ccc(C=Nc2ccccc2C(=O)[O-])cc1. The molecule has 0 amide bonds. The molecule has 0 bridgehead atoms. The average Bonchev–Trinajstić information content (AvgIpc) is 2.45. The van der Waals surface area contributed by atoms with Crippen molar-refractivity contribution in [2.24, 2.45) is 4.99 Å². The largest absolute Gasteiger partial charge is 0.545 e. The minimum atomic E-state index is -1.22. The number of hydrogen-bond donors (Lipinski definition) is 0. The van der Waals surface area contributed by atoms with Crippen LogP contribution in [0.1, 0.15) is 15.9 Å². The van der Waals surface area contributed by atoms with Crippen LogP contribution in [0, 0.1) is 0 Å². The van der Waals surface area contributed by atoms with E-state index in [1.165, 1.54) is 6.07 Å². The molecule has 0 spiro atoms. The number of rotatable bonds is 4. The molecule has 0 unspecified atom stereocenters. The van der Waals surface area contributed by atoms with Crippen molar-refractivity contribution in [2.75, 3.05) is 19.0 Å². The number of hydrogen-bond acceptors (Lipinski definition) is 4. The molecule has 0 N–H and O–H groups in total. The van der Waals surface area contributed by atoms with Crippen molar-refractivity contribution in [3.05, 3.63) is 59.7 Å². The standard InChI is InChI=1S/C16H16N2O2/c1-18(2)13-9-7-12(8-10-13)11-17-15-6-4-3-5-14(15)16(19)20/h3-11H,1-2H3,(H,19,20)/p-1. The van der Waals surface area contributed by atoms with Gasteiger partial charge in [-0.25, -0.2) is 0 Å². The van der Waals surface area contributed by atoms with E-state index in [4.69, 9.17) is 0 Å². The smallest absolute Gasteiger partial charge is 0.0737 e. The van der Waals surface area contributed by atoms with Crippen LogP contribution in [0.5, 0.6) is 0 Å². The topological polar surface area (TPSA) is 55.7 Å². The van der Waals surface area contributed by atoms with Crippen LogP contribution in [0.3, 0.4) is 0 Å². The molecule has 0 aliphatic heterocycles. The summed E-state index contributed by atoms with van der Waals surface area (Å²) in [6, 6.07) is 14.3. The van der Waals surface area contributed by atoms with Gasteiger partial charge in [0.15, 0.2) is 0 Å². The van der Waals surface area contributed by atoms with E-state index >= 15 is 0 Å². The van der Waals surface area contributed by atoms with Crippen LogP contribution in [0.4, 0.5) is 11.4 Å². The van der Waals surface area contributed by atoms with E-state index in [1.54, 1.807) is 24.4 Å². The third kappa shape index (κ3) is 3.23. The second kappa shape index (κ2) is 6.02. The van der Waals surface area contributed by atoms with Gasteiger partial charge in [-0.3, -0.25) is 4.99 Å². The summed E-state index contributed by atoms with van der Waals surface area (Å²) in [4.78, 5) is 17.2. The Morgan fingerprint density at radius 2 is 1.75 bits per heavy atom. The van der Waals surface area contributed by atoms with Gasteiger partial charge in [0.2, 0.25) is 0 Å². The van der Waals surface area contributed by atoms with E-state index in [2.05, 4.69) is 4.99 Å². The van der Waals surface area contributed by atoms with Gasteiger partial charge in [-0.15, -0.1) is 0 Å². The predicted molar refractivity (Wildman–Crippen MR) is 78.8 cm³/mol. The predicted octanol–water partition coefficient (Wildman–Crippen LogP) is 1.87. The van der Waals surface area contributed by atoms with Crippen LogP contribution in [0.15, 0.2) is 53.5 Å². The number of carboxylic acid groups (broad SMARTS) is 1. The molecular weight excluding hydrogens is 252 g/mol. The number of carbonyl (C=O) groups is 1. The van der Waals surface area contributed by atoms with Crippen LogP contribution in [-0.2, 0) is 0 Å². The van der Waals surface area contributed by atoms with Crippen molar-refractivity contribution < 1.29 is 9.90 Å². The number of para-hydroxylation sites is 1. The van der Waals surface area contributed by atoms with Gasteiger partial charge in [0.25, 0.3) is 0 Å². The molecule has 2 aromatic rings. The highest BCUT2D eigenvalue weighted by Crippen LogP contribution is 2.18. The maximum atomic E-state index is 11.0. The molecule has 102 valence electrons. The lowest BCUT2D eigenvalue weighted by atomic mass is 10.2. The van der Waals surface area contributed by atoms with Gasteiger partial charge in [0, 0.05) is 31.6 Å². The fourth-order valence-electron chi connectivity index (χ4n) is 1.76. The van der Waals surface area contributed by atoms with Gasteiger partial charge >= 0.3 is 0 Å². The Hall–Kier alpha value is -2.62. The number of benzene rings is 2. The van der Waals surface area contributed by atoms with Crippen LogP contribution >= 0.6 is 0 Å². The lowest BCUT2D eigenvalue weighted by molar-refractivity contribution is -0.254. The molecule has 4 heteroatoms. The molecule has 0 atom stereocenters. The van der Waals surface area contributed by atoms with Gasteiger partial charge in [-0.1, -0.05) is 30.3 Å². The monoisotopic (exact) mass is 267 g/mol. The Labute approximate surface area is 118 Å². The Morgan fingerprint density at radius 3 is 2.35 bits per heavy atom. The molecule has 0 radical (unpaired) electrons. The first-order chi connectivity index (χ1) is 9.58. The number of carbonyl (C=O) groups excluding carboxylic acids is 1. The molecule has 0 aliphatic rings. The Balaban J connectivity index is 2.23. The van der Waals surface area contributed by atoms with Crippen molar-refractivity contribution in [1.82, 2.24) is 0 Å². The summed E-state index contributed by atoms with van der Waals surface area (Å²) in [5, 5.41) is 11.0.